The van der Waals surface area contributed by atoms with Crippen LogP contribution in [0.2, 0.25) is 0 Å². The predicted molar refractivity (Wildman–Crippen MR) is 97.4 cm³/mol. The highest BCUT2D eigenvalue weighted by molar-refractivity contribution is 8.00. The minimum Gasteiger partial charge on any atom is -0.380 e. The van der Waals surface area contributed by atoms with E-state index in [1.54, 1.807) is 4.57 Å². The molecule has 1 aromatic heterocycles. The molecular weight excluding hydrogens is 310 g/mol. The Kier molecular flexibility index (Phi) is 7.43. The van der Waals surface area contributed by atoms with E-state index < -0.39 is 0 Å². The molecule has 0 radical (unpaired) electrons. The number of unbranched alkanes of at least 4 members (excludes halogenated alkanes) is 1. The lowest BCUT2D eigenvalue weighted by Crippen LogP contribution is -2.30. The van der Waals surface area contributed by atoms with Crippen molar-refractivity contribution in [3.8, 4) is 0 Å². The monoisotopic (exact) mass is 339 g/mol. The lowest BCUT2D eigenvalue weighted by atomic mass is 10.2. The van der Waals surface area contributed by atoms with Gasteiger partial charge in [0.1, 0.15) is 5.82 Å². The van der Waals surface area contributed by atoms with E-state index in [0.29, 0.717) is 5.25 Å². The number of ether oxygens (including phenoxy) is 1. The third kappa shape index (κ3) is 4.98. The van der Waals surface area contributed by atoms with Crippen LogP contribution in [0.25, 0.3) is 0 Å². The normalized spacial score (nSPS) is 20.8. The van der Waals surface area contributed by atoms with Crippen molar-refractivity contribution in [2.24, 2.45) is 0 Å². The summed E-state index contributed by atoms with van der Waals surface area (Å²) in [5, 5.41) is 0.687. The van der Waals surface area contributed by atoms with Gasteiger partial charge in [-0.05, 0) is 39.2 Å². The highest BCUT2D eigenvalue weighted by Gasteiger charge is 2.27. The van der Waals surface area contributed by atoms with Gasteiger partial charge >= 0.3 is 5.69 Å². The first kappa shape index (κ1) is 18.3. The van der Waals surface area contributed by atoms with Crippen molar-refractivity contribution in [2.45, 2.75) is 57.1 Å². The van der Waals surface area contributed by atoms with E-state index in [9.17, 15) is 4.79 Å². The van der Waals surface area contributed by atoms with E-state index in [-0.39, 0.29) is 11.1 Å². The number of thioether (sulfide) groups is 1. The summed E-state index contributed by atoms with van der Waals surface area (Å²) in [7, 11) is 0. The number of hydrogen-bond donors (Lipinski definition) is 0. The quantitative estimate of drug-likeness (QED) is 0.646. The first-order valence-corrected chi connectivity index (χ1v) is 9.71. The van der Waals surface area contributed by atoms with Gasteiger partial charge in [0.2, 0.25) is 0 Å². The number of rotatable bonds is 9. The minimum atomic E-state index is -0.139. The zero-order valence-corrected chi connectivity index (χ0v) is 15.3. The molecule has 2 rings (SSSR count). The van der Waals surface area contributed by atoms with E-state index in [1.807, 2.05) is 24.0 Å². The summed E-state index contributed by atoms with van der Waals surface area (Å²) in [5.74, 6) is 0.777. The molecule has 0 amide bonds. The van der Waals surface area contributed by atoms with Crippen molar-refractivity contribution in [3.63, 3.8) is 0 Å². The summed E-state index contributed by atoms with van der Waals surface area (Å²) in [6.07, 6.45) is 6.31. The first-order valence-electron chi connectivity index (χ1n) is 8.76. The molecule has 0 spiro atoms. The second-order valence-electron chi connectivity index (χ2n) is 5.87. The number of hydrogen-bond acceptors (Lipinski definition) is 5. The first-order chi connectivity index (χ1) is 11.2. The molecule has 6 heteroatoms. The molecule has 0 N–H and O–H groups in total. The van der Waals surface area contributed by atoms with Crippen molar-refractivity contribution in [3.05, 3.63) is 22.7 Å². The maximum absolute atomic E-state index is 12.3. The van der Waals surface area contributed by atoms with Crippen molar-refractivity contribution in [1.82, 2.24) is 9.55 Å². The molecule has 1 fully saturated rings. The van der Waals surface area contributed by atoms with Crippen LogP contribution in [-0.4, -0.2) is 41.1 Å². The molecule has 2 atom stereocenters. The van der Waals surface area contributed by atoms with Crippen molar-refractivity contribution in [2.75, 3.05) is 31.2 Å². The molecule has 5 nitrogen and oxygen atoms in total. The molecule has 0 saturated carbocycles. The average Bonchev–Trinajstić information content (AvgIpc) is 3.01. The van der Waals surface area contributed by atoms with Crippen molar-refractivity contribution >= 4 is 17.6 Å². The van der Waals surface area contributed by atoms with Crippen LogP contribution in [0.3, 0.4) is 0 Å². The summed E-state index contributed by atoms with van der Waals surface area (Å²) < 4.78 is 7.50. The van der Waals surface area contributed by atoms with Gasteiger partial charge in [-0.25, -0.2) is 4.79 Å². The van der Waals surface area contributed by atoms with E-state index in [0.717, 1.165) is 51.4 Å². The van der Waals surface area contributed by atoms with Gasteiger partial charge in [-0.1, -0.05) is 13.3 Å². The Morgan fingerprint density at radius 3 is 2.78 bits per heavy atom. The Morgan fingerprint density at radius 2 is 2.13 bits per heavy atom. The van der Waals surface area contributed by atoms with Crippen LogP contribution in [0, 0.1) is 0 Å². The predicted octanol–water partition coefficient (Wildman–Crippen LogP) is 3.30. The van der Waals surface area contributed by atoms with Gasteiger partial charge in [0.05, 0.1) is 12.0 Å². The Hall–Kier alpha value is -1.01. The van der Waals surface area contributed by atoms with E-state index in [2.05, 4.69) is 30.7 Å². The highest BCUT2D eigenvalue weighted by atomic mass is 32.2. The minimum absolute atomic E-state index is 0.139. The van der Waals surface area contributed by atoms with E-state index in [4.69, 9.17) is 4.74 Å². The van der Waals surface area contributed by atoms with Crippen LogP contribution in [0.5, 0.6) is 0 Å². The van der Waals surface area contributed by atoms with Gasteiger partial charge in [0, 0.05) is 31.1 Å². The fourth-order valence-electron chi connectivity index (χ4n) is 2.82. The Morgan fingerprint density at radius 1 is 1.35 bits per heavy atom. The van der Waals surface area contributed by atoms with Crippen LogP contribution in [0.1, 0.15) is 51.8 Å². The fourth-order valence-corrected chi connectivity index (χ4v) is 4.28. The average molecular weight is 340 g/mol. The smallest absolute Gasteiger partial charge is 0.350 e. The molecule has 0 bridgehead atoms. The summed E-state index contributed by atoms with van der Waals surface area (Å²) in [6.45, 7) is 9.69. The highest BCUT2D eigenvalue weighted by Crippen LogP contribution is 2.40. The number of nitrogens with zero attached hydrogens (tertiary/aromatic N) is 3. The number of aromatic nitrogens is 2. The Labute approximate surface area is 143 Å². The topological polar surface area (TPSA) is 47.4 Å². The van der Waals surface area contributed by atoms with Crippen LogP contribution < -0.4 is 10.6 Å². The molecule has 130 valence electrons. The lowest BCUT2D eigenvalue weighted by molar-refractivity contribution is 0.132. The van der Waals surface area contributed by atoms with Gasteiger partial charge in [-0.3, -0.25) is 4.57 Å². The van der Waals surface area contributed by atoms with Gasteiger partial charge in [-0.2, -0.15) is 4.98 Å². The van der Waals surface area contributed by atoms with Gasteiger partial charge in [0.15, 0.2) is 0 Å². The summed E-state index contributed by atoms with van der Waals surface area (Å²) >= 11 is 1.85. The summed E-state index contributed by atoms with van der Waals surface area (Å²) in [5.41, 5.74) is -0.139. The largest absolute Gasteiger partial charge is 0.380 e. The molecule has 23 heavy (non-hydrogen) atoms. The van der Waals surface area contributed by atoms with Crippen LogP contribution in [0.4, 0.5) is 5.82 Å². The molecule has 0 aliphatic carbocycles. The second-order valence-corrected chi connectivity index (χ2v) is 7.35. The molecule has 1 aliphatic heterocycles. The Bertz CT molecular complexity index is 531. The zero-order chi connectivity index (χ0) is 16.7. The molecular formula is C17H29N3O2S. The summed E-state index contributed by atoms with van der Waals surface area (Å²) in [4.78, 5) is 18.7. The van der Waals surface area contributed by atoms with Crippen LogP contribution in [-0.2, 0) is 4.74 Å². The molecule has 1 unspecified atom stereocenters. The molecule has 0 aromatic carbocycles. The third-order valence-electron chi connectivity index (χ3n) is 4.24. The van der Waals surface area contributed by atoms with Crippen molar-refractivity contribution < 1.29 is 4.74 Å². The van der Waals surface area contributed by atoms with Gasteiger partial charge in [0.25, 0.3) is 0 Å². The Balaban J connectivity index is 1.94. The maximum atomic E-state index is 12.3. The SMILES string of the molecule is CCCCOC[C@H]1CCC(n2ccc(N(CC)CC)nc2=O)S1. The standard InChI is InChI=1S/C17H29N3O2S/c1-4-7-12-22-13-14-8-9-16(23-14)20-11-10-15(18-17(20)21)19(5-2)6-3/h10-11,14,16H,4-9,12-13H2,1-3H3/t14-,16?/m1/s1. The van der Waals surface area contributed by atoms with E-state index in [1.165, 1.54) is 6.42 Å². The molecule has 1 saturated heterocycles. The second kappa shape index (κ2) is 9.33. The summed E-state index contributed by atoms with van der Waals surface area (Å²) in [6, 6.07) is 1.96. The van der Waals surface area contributed by atoms with E-state index >= 15 is 0 Å². The van der Waals surface area contributed by atoms with Crippen LogP contribution >= 0.6 is 11.8 Å². The molecule has 1 aliphatic rings. The zero-order valence-electron chi connectivity index (χ0n) is 14.5. The molecule has 2 heterocycles. The van der Waals surface area contributed by atoms with Crippen LogP contribution in [0.15, 0.2) is 17.1 Å². The molecule has 1 aromatic rings. The van der Waals surface area contributed by atoms with Crippen molar-refractivity contribution in [1.29, 1.82) is 0 Å². The fraction of sp³-hybridized carbons (Fsp3) is 0.765. The third-order valence-corrected chi connectivity index (χ3v) is 5.78. The van der Waals surface area contributed by atoms with Gasteiger partial charge < -0.3 is 9.64 Å². The maximum Gasteiger partial charge on any atom is 0.350 e. The number of anilines is 1. The van der Waals surface area contributed by atoms with Gasteiger partial charge in [-0.15, -0.1) is 11.8 Å². The lowest BCUT2D eigenvalue weighted by Gasteiger charge is -2.20.